The zero-order valence-electron chi connectivity index (χ0n) is 9.10. The van der Waals surface area contributed by atoms with Crippen LogP contribution in [0.15, 0.2) is 18.2 Å². The van der Waals surface area contributed by atoms with Gasteiger partial charge in [0.25, 0.3) is 5.69 Å². The van der Waals surface area contributed by atoms with E-state index in [0.717, 1.165) is 24.0 Å². The summed E-state index contributed by atoms with van der Waals surface area (Å²) in [6, 6.07) is 5.13. The van der Waals surface area contributed by atoms with Crippen LogP contribution in [0.1, 0.15) is 24.0 Å². The number of nitro benzene ring substituents is 1. The Balaban J connectivity index is 2.50. The molecule has 0 saturated heterocycles. The number of nitrogens with zero attached hydrogens (tertiary/aromatic N) is 1. The highest BCUT2D eigenvalue weighted by atomic mass is 16.6. The number of hydrogen-bond donors (Lipinski definition) is 1. The summed E-state index contributed by atoms with van der Waals surface area (Å²) in [6.45, 7) is 2.23. The largest absolute Gasteiger partial charge is 0.304 e. The standard InChI is InChI=1S/C11H14N2O3/c1-8-3-2-4-9(13(14)15)10(8)11(5-6-11)7-16-12/h2-4H,5-7,12H2,1H3. The summed E-state index contributed by atoms with van der Waals surface area (Å²) < 4.78 is 0. The fourth-order valence-corrected chi connectivity index (χ4v) is 2.27. The quantitative estimate of drug-likeness (QED) is 0.622. The van der Waals surface area contributed by atoms with Gasteiger partial charge in [0.2, 0.25) is 0 Å². The smallest absolute Gasteiger partial charge is 0.273 e. The number of nitro groups is 1. The van der Waals surface area contributed by atoms with Crippen molar-refractivity contribution in [3.63, 3.8) is 0 Å². The molecule has 2 rings (SSSR count). The van der Waals surface area contributed by atoms with E-state index in [0.29, 0.717) is 6.61 Å². The van der Waals surface area contributed by atoms with Crippen molar-refractivity contribution in [2.75, 3.05) is 6.61 Å². The van der Waals surface area contributed by atoms with Crippen LogP contribution in [0, 0.1) is 17.0 Å². The van der Waals surface area contributed by atoms with Crippen molar-refractivity contribution in [1.29, 1.82) is 0 Å². The van der Waals surface area contributed by atoms with E-state index in [1.807, 2.05) is 13.0 Å². The number of benzene rings is 1. The summed E-state index contributed by atoms with van der Waals surface area (Å²) in [6.07, 6.45) is 1.80. The van der Waals surface area contributed by atoms with Gasteiger partial charge in [0, 0.05) is 17.0 Å². The molecule has 0 bridgehead atoms. The van der Waals surface area contributed by atoms with Crippen LogP contribution < -0.4 is 5.90 Å². The third-order valence-corrected chi connectivity index (χ3v) is 3.19. The highest BCUT2D eigenvalue weighted by Crippen LogP contribution is 2.52. The molecule has 5 heteroatoms. The summed E-state index contributed by atoms with van der Waals surface area (Å²) in [5, 5.41) is 11.0. The number of hydrogen-bond acceptors (Lipinski definition) is 4. The SMILES string of the molecule is Cc1cccc([N+](=O)[O-])c1C1(CON)CC1. The van der Waals surface area contributed by atoms with Crippen LogP contribution >= 0.6 is 0 Å². The second-order valence-electron chi connectivity index (χ2n) is 4.32. The van der Waals surface area contributed by atoms with E-state index in [-0.39, 0.29) is 16.0 Å². The second kappa shape index (κ2) is 3.84. The molecule has 86 valence electrons. The van der Waals surface area contributed by atoms with Gasteiger partial charge in [-0.3, -0.25) is 10.1 Å². The molecule has 0 heterocycles. The van der Waals surface area contributed by atoms with E-state index < -0.39 is 0 Å². The van der Waals surface area contributed by atoms with Crippen molar-refractivity contribution in [1.82, 2.24) is 0 Å². The van der Waals surface area contributed by atoms with E-state index in [1.54, 1.807) is 12.1 Å². The van der Waals surface area contributed by atoms with Crippen LogP contribution in [0.4, 0.5) is 5.69 Å². The lowest BCUT2D eigenvalue weighted by molar-refractivity contribution is -0.386. The first kappa shape index (κ1) is 11.0. The van der Waals surface area contributed by atoms with Gasteiger partial charge in [-0.05, 0) is 25.3 Å². The second-order valence-corrected chi connectivity index (χ2v) is 4.32. The van der Waals surface area contributed by atoms with Gasteiger partial charge in [-0.2, -0.15) is 0 Å². The summed E-state index contributed by atoms with van der Waals surface area (Å²) in [5.74, 6) is 5.10. The molecule has 1 saturated carbocycles. The molecule has 16 heavy (non-hydrogen) atoms. The van der Waals surface area contributed by atoms with E-state index >= 15 is 0 Å². The van der Waals surface area contributed by atoms with Gasteiger partial charge in [0.15, 0.2) is 0 Å². The highest BCUT2D eigenvalue weighted by Gasteiger charge is 2.49. The third kappa shape index (κ3) is 1.68. The Morgan fingerprint density at radius 1 is 1.56 bits per heavy atom. The Morgan fingerprint density at radius 3 is 2.75 bits per heavy atom. The minimum Gasteiger partial charge on any atom is -0.304 e. The number of rotatable bonds is 4. The van der Waals surface area contributed by atoms with E-state index in [9.17, 15) is 10.1 Å². The maximum atomic E-state index is 11.0. The van der Waals surface area contributed by atoms with Gasteiger partial charge in [-0.25, -0.2) is 5.90 Å². The first-order chi connectivity index (χ1) is 7.60. The van der Waals surface area contributed by atoms with Gasteiger partial charge in [0.05, 0.1) is 11.5 Å². The molecular formula is C11H14N2O3. The van der Waals surface area contributed by atoms with Gasteiger partial charge in [-0.15, -0.1) is 0 Å². The van der Waals surface area contributed by atoms with Crippen LogP contribution in [0.3, 0.4) is 0 Å². The van der Waals surface area contributed by atoms with E-state index in [1.165, 1.54) is 0 Å². The summed E-state index contributed by atoms with van der Waals surface area (Å²) in [4.78, 5) is 15.3. The molecule has 0 unspecified atom stereocenters. The van der Waals surface area contributed by atoms with Gasteiger partial charge in [-0.1, -0.05) is 12.1 Å². The predicted octanol–water partition coefficient (Wildman–Crippen LogP) is 1.83. The molecule has 0 aromatic heterocycles. The van der Waals surface area contributed by atoms with Crippen LogP contribution in [0.2, 0.25) is 0 Å². The Morgan fingerprint density at radius 2 is 2.25 bits per heavy atom. The molecule has 1 fully saturated rings. The lowest BCUT2D eigenvalue weighted by Crippen LogP contribution is -2.20. The zero-order valence-corrected chi connectivity index (χ0v) is 9.10. The lowest BCUT2D eigenvalue weighted by Gasteiger charge is -2.16. The maximum absolute atomic E-state index is 11.0. The van der Waals surface area contributed by atoms with Crippen molar-refractivity contribution in [2.45, 2.75) is 25.2 Å². The Hall–Kier alpha value is -1.46. The molecule has 0 spiro atoms. The maximum Gasteiger partial charge on any atom is 0.273 e. The Kier molecular flexibility index (Phi) is 2.65. The lowest BCUT2D eigenvalue weighted by atomic mass is 9.91. The summed E-state index contributed by atoms with van der Waals surface area (Å²) in [7, 11) is 0. The van der Waals surface area contributed by atoms with Crippen LogP contribution in [0.25, 0.3) is 0 Å². The normalized spacial score (nSPS) is 17.1. The minimum atomic E-state index is -0.334. The summed E-state index contributed by atoms with van der Waals surface area (Å²) in [5.41, 5.74) is 1.66. The van der Waals surface area contributed by atoms with Crippen LogP contribution in [0.5, 0.6) is 0 Å². The molecule has 1 aromatic rings. The highest BCUT2D eigenvalue weighted by molar-refractivity contribution is 5.52. The first-order valence-corrected chi connectivity index (χ1v) is 5.17. The van der Waals surface area contributed by atoms with Gasteiger partial charge >= 0.3 is 0 Å². The number of nitrogens with two attached hydrogens (primary N) is 1. The molecule has 0 atom stereocenters. The zero-order chi connectivity index (χ0) is 11.8. The molecule has 2 N–H and O–H groups in total. The van der Waals surface area contributed by atoms with Crippen molar-refractivity contribution in [2.24, 2.45) is 5.90 Å². The monoisotopic (exact) mass is 222 g/mol. The molecule has 1 aliphatic carbocycles. The topological polar surface area (TPSA) is 78.4 Å². The van der Waals surface area contributed by atoms with E-state index in [2.05, 4.69) is 0 Å². The van der Waals surface area contributed by atoms with Gasteiger partial charge in [0.1, 0.15) is 0 Å². The molecular weight excluding hydrogens is 208 g/mol. The molecule has 0 amide bonds. The molecule has 0 radical (unpaired) electrons. The minimum absolute atomic E-state index is 0.176. The Labute approximate surface area is 93.3 Å². The first-order valence-electron chi connectivity index (χ1n) is 5.17. The fraction of sp³-hybridized carbons (Fsp3) is 0.455. The molecule has 1 aromatic carbocycles. The number of aryl methyl sites for hydroxylation is 1. The Bertz CT molecular complexity index is 427. The third-order valence-electron chi connectivity index (χ3n) is 3.19. The van der Waals surface area contributed by atoms with Crippen molar-refractivity contribution in [3.8, 4) is 0 Å². The van der Waals surface area contributed by atoms with Crippen molar-refractivity contribution < 1.29 is 9.76 Å². The van der Waals surface area contributed by atoms with Crippen molar-refractivity contribution in [3.05, 3.63) is 39.4 Å². The van der Waals surface area contributed by atoms with E-state index in [4.69, 9.17) is 10.7 Å². The van der Waals surface area contributed by atoms with Crippen molar-refractivity contribution >= 4 is 5.69 Å². The average Bonchev–Trinajstić information content (AvgIpc) is 2.98. The predicted molar refractivity (Wildman–Crippen MR) is 58.9 cm³/mol. The molecule has 1 aliphatic rings. The average molecular weight is 222 g/mol. The van der Waals surface area contributed by atoms with Crippen LogP contribution in [-0.4, -0.2) is 11.5 Å². The van der Waals surface area contributed by atoms with Crippen LogP contribution in [-0.2, 0) is 10.3 Å². The summed E-state index contributed by atoms with van der Waals surface area (Å²) >= 11 is 0. The van der Waals surface area contributed by atoms with Gasteiger partial charge < -0.3 is 4.84 Å². The molecule has 0 aliphatic heterocycles. The fourth-order valence-electron chi connectivity index (χ4n) is 2.27. The molecule has 5 nitrogen and oxygen atoms in total.